The van der Waals surface area contributed by atoms with E-state index in [1.165, 1.54) is 4.88 Å². The fraction of sp³-hybridized carbons (Fsp3) is 0.800. The highest BCUT2D eigenvalue weighted by atomic mass is 32.1. The Bertz CT molecular complexity index is 437. The Morgan fingerprint density at radius 3 is 2.90 bits per heavy atom. The zero-order chi connectivity index (χ0) is 15.2. The highest BCUT2D eigenvalue weighted by molar-refractivity contribution is 7.15. The van der Waals surface area contributed by atoms with Crippen molar-refractivity contribution in [2.75, 3.05) is 45.2 Å². The van der Waals surface area contributed by atoms with Crippen molar-refractivity contribution in [1.29, 1.82) is 0 Å². The normalized spacial score (nSPS) is 20.2. The van der Waals surface area contributed by atoms with Gasteiger partial charge in [-0.1, -0.05) is 6.92 Å². The highest BCUT2D eigenvalue weighted by Gasteiger charge is 2.25. The van der Waals surface area contributed by atoms with E-state index in [2.05, 4.69) is 36.0 Å². The maximum atomic E-state index is 5.31. The molecule has 120 valence electrons. The average Bonchev–Trinajstić information content (AvgIpc) is 2.82. The van der Waals surface area contributed by atoms with Crippen molar-refractivity contribution in [3.63, 3.8) is 0 Å². The van der Waals surface area contributed by atoms with Gasteiger partial charge in [-0.3, -0.25) is 0 Å². The zero-order valence-corrected chi connectivity index (χ0v) is 14.5. The molecule has 1 aromatic rings. The first kappa shape index (κ1) is 16.7. The molecule has 0 radical (unpaired) electrons. The molecule has 21 heavy (non-hydrogen) atoms. The number of likely N-dealkylation sites (N-methyl/N-ethyl adjacent to an activating group) is 1. The molecule has 6 heteroatoms. The molecule has 0 amide bonds. The molecular formula is C15H28N4OS. The van der Waals surface area contributed by atoms with Gasteiger partial charge in [0.25, 0.3) is 0 Å². The van der Waals surface area contributed by atoms with Crippen molar-refractivity contribution in [1.82, 2.24) is 15.2 Å². The maximum Gasteiger partial charge on any atom is 0.186 e. The third kappa shape index (κ3) is 4.39. The zero-order valence-electron chi connectivity index (χ0n) is 13.7. The van der Waals surface area contributed by atoms with Crippen molar-refractivity contribution in [2.45, 2.75) is 39.5 Å². The summed E-state index contributed by atoms with van der Waals surface area (Å²) in [5, 5.41) is 4.62. The van der Waals surface area contributed by atoms with E-state index in [0.29, 0.717) is 12.6 Å². The number of nitrogens with zero attached hydrogens (tertiary/aromatic N) is 3. The second-order valence-electron chi connectivity index (χ2n) is 5.78. The number of anilines is 1. The molecule has 1 N–H and O–H groups in total. The SMILES string of the molecule is CCCNCc1sc(N2CCN(C)CC2C)nc1COC. The number of rotatable bonds is 7. The largest absolute Gasteiger partial charge is 0.378 e. The van der Waals surface area contributed by atoms with Gasteiger partial charge in [0.1, 0.15) is 0 Å². The summed E-state index contributed by atoms with van der Waals surface area (Å²) >= 11 is 1.82. The lowest BCUT2D eigenvalue weighted by Gasteiger charge is -2.38. The Labute approximate surface area is 132 Å². The number of nitrogens with one attached hydrogen (secondary N) is 1. The predicted octanol–water partition coefficient (Wildman–Crippen LogP) is 1.93. The fourth-order valence-electron chi connectivity index (χ4n) is 2.68. The van der Waals surface area contributed by atoms with Gasteiger partial charge in [0, 0.05) is 44.2 Å². The van der Waals surface area contributed by atoms with Gasteiger partial charge in [-0.25, -0.2) is 4.98 Å². The molecule has 0 bridgehead atoms. The van der Waals surface area contributed by atoms with E-state index in [-0.39, 0.29) is 0 Å². The van der Waals surface area contributed by atoms with Gasteiger partial charge in [0.2, 0.25) is 0 Å². The van der Waals surface area contributed by atoms with Crippen molar-refractivity contribution in [3.05, 3.63) is 10.6 Å². The van der Waals surface area contributed by atoms with E-state index in [4.69, 9.17) is 9.72 Å². The predicted molar refractivity (Wildman–Crippen MR) is 89.1 cm³/mol. The molecule has 0 saturated carbocycles. The molecule has 1 aromatic heterocycles. The molecule has 1 unspecified atom stereocenters. The van der Waals surface area contributed by atoms with E-state index < -0.39 is 0 Å². The Morgan fingerprint density at radius 1 is 1.43 bits per heavy atom. The molecule has 0 spiro atoms. The quantitative estimate of drug-likeness (QED) is 0.779. The van der Waals surface area contributed by atoms with Crippen LogP contribution in [0.25, 0.3) is 0 Å². The van der Waals surface area contributed by atoms with Crippen LogP contribution in [-0.4, -0.2) is 56.3 Å². The summed E-state index contributed by atoms with van der Waals surface area (Å²) < 4.78 is 5.31. The van der Waals surface area contributed by atoms with Crippen molar-refractivity contribution in [3.8, 4) is 0 Å². The molecule has 0 aliphatic carbocycles. The van der Waals surface area contributed by atoms with Gasteiger partial charge in [-0.05, 0) is 26.9 Å². The second kappa shape index (κ2) is 8.08. The second-order valence-corrected chi connectivity index (χ2v) is 6.84. The standard InChI is InChI=1S/C15H28N4OS/c1-5-6-16-9-14-13(11-20-4)17-15(21-14)19-8-7-18(3)10-12(19)2/h12,16H,5-11H2,1-4H3. The first-order valence-corrected chi connectivity index (χ1v) is 8.60. The first-order chi connectivity index (χ1) is 10.2. The smallest absolute Gasteiger partial charge is 0.186 e. The van der Waals surface area contributed by atoms with Gasteiger partial charge in [-0.15, -0.1) is 11.3 Å². The number of piperazine rings is 1. The summed E-state index contributed by atoms with van der Waals surface area (Å²) in [6, 6.07) is 0.516. The highest BCUT2D eigenvalue weighted by Crippen LogP contribution is 2.29. The lowest BCUT2D eigenvalue weighted by molar-refractivity contribution is 0.181. The summed E-state index contributed by atoms with van der Waals surface area (Å²) in [6.45, 7) is 10.3. The minimum Gasteiger partial charge on any atom is -0.378 e. The molecule has 1 aliphatic heterocycles. The number of methoxy groups -OCH3 is 1. The van der Waals surface area contributed by atoms with Crippen LogP contribution in [-0.2, 0) is 17.9 Å². The number of aromatic nitrogens is 1. The van der Waals surface area contributed by atoms with E-state index >= 15 is 0 Å². The Hall–Kier alpha value is -0.690. The minimum absolute atomic E-state index is 0.516. The molecule has 5 nitrogen and oxygen atoms in total. The minimum atomic E-state index is 0.516. The summed E-state index contributed by atoms with van der Waals surface area (Å²) in [5.41, 5.74) is 1.09. The first-order valence-electron chi connectivity index (χ1n) is 7.79. The summed E-state index contributed by atoms with van der Waals surface area (Å²) in [4.78, 5) is 11.0. The third-order valence-electron chi connectivity index (χ3n) is 3.84. The van der Waals surface area contributed by atoms with Gasteiger partial charge in [0.05, 0.1) is 12.3 Å². The van der Waals surface area contributed by atoms with E-state index in [0.717, 1.165) is 50.0 Å². The van der Waals surface area contributed by atoms with Gasteiger partial charge in [-0.2, -0.15) is 0 Å². The van der Waals surface area contributed by atoms with Crippen molar-refractivity contribution in [2.24, 2.45) is 0 Å². The van der Waals surface area contributed by atoms with Gasteiger partial charge in [0.15, 0.2) is 5.13 Å². The lowest BCUT2D eigenvalue weighted by Crippen LogP contribution is -2.50. The molecular weight excluding hydrogens is 284 g/mol. The molecule has 2 rings (SSSR count). The summed E-state index contributed by atoms with van der Waals surface area (Å²) in [7, 11) is 3.92. The van der Waals surface area contributed by atoms with Crippen LogP contribution in [0, 0.1) is 0 Å². The molecule has 1 aliphatic rings. The van der Waals surface area contributed by atoms with Crippen LogP contribution >= 0.6 is 11.3 Å². The Kier molecular flexibility index (Phi) is 6.41. The van der Waals surface area contributed by atoms with Crippen molar-refractivity contribution >= 4 is 16.5 Å². The van der Waals surface area contributed by atoms with Crippen LogP contribution in [0.4, 0.5) is 5.13 Å². The van der Waals surface area contributed by atoms with Crippen LogP contribution in [0.1, 0.15) is 30.8 Å². The van der Waals surface area contributed by atoms with Crippen molar-refractivity contribution < 1.29 is 4.74 Å². The summed E-state index contributed by atoms with van der Waals surface area (Å²) in [5.74, 6) is 0. The van der Waals surface area contributed by atoms with Crippen LogP contribution in [0.15, 0.2) is 0 Å². The van der Waals surface area contributed by atoms with Gasteiger partial charge < -0.3 is 19.9 Å². The lowest BCUT2D eigenvalue weighted by atomic mass is 10.2. The molecule has 1 fully saturated rings. The Morgan fingerprint density at radius 2 is 2.24 bits per heavy atom. The number of thiazole rings is 1. The monoisotopic (exact) mass is 312 g/mol. The average molecular weight is 312 g/mol. The van der Waals surface area contributed by atoms with Crippen LogP contribution in [0.5, 0.6) is 0 Å². The van der Waals surface area contributed by atoms with E-state index in [1.54, 1.807) is 7.11 Å². The Balaban J connectivity index is 2.10. The molecule has 1 saturated heterocycles. The fourth-order valence-corrected chi connectivity index (χ4v) is 3.84. The number of hydrogen-bond acceptors (Lipinski definition) is 6. The number of hydrogen-bond donors (Lipinski definition) is 1. The van der Waals surface area contributed by atoms with Crippen LogP contribution in [0.3, 0.4) is 0 Å². The van der Waals surface area contributed by atoms with Crippen LogP contribution < -0.4 is 10.2 Å². The van der Waals surface area contributed by atoms with E-state index in [9.17, 15) is 0 Å². The third-order valence-corrected chi connectivity index (χ3v) is 4.97. The number of ether oxygens (including phenoxy) is 1. The molecule has 2 heterocycles. The maximum absolute atomic E-state index is 5.31. The molecule has 1 atom stereocenters. The van der Waals surface area contributed by atoms with Crippen LogP contribution in [0.2, 0.25) is 0 Å². The topological polar surface area (TPSA) is 40.6 Å². The molecule has 0 aromatic carbocycles. The van der Waals surface area contributed by atoms with E-state index in [1.807, 2.05) is 11.3 Å². The van der Waals surface area contributed by atoms with Gasteiger partial charge >= 0.3 is 0 Å². The summed E-state index contributed by atoms with van der Waals surface area (Å²) in [6.07, 6.45) is 1.15.